The number of piperidine rings is 1. The molecule has 2 aliphatic heterocycles. The molecule has 8 heteroatoms. The lowest BCUT2D eigenvalue weighted by Gasteiger charge is -2.46. The monoisotopic (exact) mass is 554 g/mol. The van der Waals surface area contributed by atoms with Crippen molar-refractivity contribution >= 4 is 23.7 Å². The second kappa shape index (κ2) is 13.5. The second-order valence-corrected chi connectivity index (χ2v) is 11.4. The van der Waals surface area contributed by atoms with Crippen molar-refractivity contribution in [2.24, 2.45) is 5.92 Å². The molecule has 2 heterocycles. The average molecular weight is 555 g/mol. The largest absolute Gasteiger partial charge is 0.453 e. The molecule has 0 saturated carbocycles. The number of carbonyl (C=O) groups is 2. The van der Waals surface area contributed by atoms with E-state index in [0.29, 0.717) is 13.1 Å². The number of aryl methyl sites for hydroxylation is 1. The maximum absolute atomic E-state index is 13.5. The first kappa shape index (κ1) is 29.2. The number of amides is 3. The van der Waals surface area contributed by atoms with E-state index in [-0.39, 0.29) is 17.4 Å². The summed E-state index contributed by atoms with van der Waals surface area (Å²) < 4.78 is 4.78. The number of hydrogen-bond donors (Lipinski definition) is 2. The van der Waals surface area contributed by atoms with Crippen LogP contribution in [0.25, 0.3) is 11.1 Å². The summed E-state index contributed by atoms with van der Waals surface area (Å²) in [6, 6.07) is 15.0. The molecule has 212 valence electrons. The third-order valence-electron chi connectivity index (χ3n) is 8.56. The molecule has 4 rings (SSSR count). The van der Waals surface area contributed by atoms with Gasteiger partial charge in [0.25, 0.3) is 0 Å². The minimum atomic E-state index is -0.415. The second-order valence-electron chi connectivity index (χ2n) is 11.0. The van der Waals surface area contributed by atoms with Crippen LogP contribution < -0.4 is 10.6 Å². The van der Waals surface area contributed by atoms with Crippen LogP contribution >= 0.6 is 11.6 Å². The first-order valence-corrected chi connectivity index (χ1v) is 14.7. The summed E-state index contributed by atoms with van der Waals surface area (Å²) in [5.41, 5.74) is 4.42. The zero-order valence-electron chi connectivity index (χ0n) is 23.6. The lowest BCUT2D eigenvalue weighted by atomic mass is 9.64. The molecule has 2 aromatic rings. The summed E-state index contributed by atoms with van der Waals surface area (Å²) in [5.74, 6) is 0.253. The Kier molecular flexibility index (Phi) is 10.1. The molecule has 2 atom stereocenters. The molecule has 2 saturated heterocycles. The van der Waals surface area contributed by atoms with Crippen LogP contribution in [-0.4, -0.2) is 74.8 Å². The summed E-state index contributed by atoms with van der Waals surface area (Å²) in [7, 11) is 1.38. The van der Waals surface area contributed by atoms with Gasteiger partial charge in [-0.3, -0.25) is 0 Å². The fourth-order valence-corrected chi connectivity index (χ4v) is 6.53. The number of ether oxygens (including phenoxy) is 1. The molecule has 0 spiro atoms. The van der Waals surface area contributed by atoms with Gasteiger partial charge in [0.1, 0.15) is 0 Å². The Labute approximate surface area is 238 Å². The SMILES string of the molecule is CCc1cccc(-c2c(Cl)cccc2C(C)(CCCNC(=O)OC)C2CCCN(C(=O)N3CCNCC3)C2)c1. The van der Waals surface area contributed by atoms with Crippen LogP contribution in [0.1, 0.15) is 50.7 Å². The number of rotatable bonds is 8. The number of alkyl carbamates (subject to hydrolysis) is 1. The van der Waals surface area contributed by atoms with Crippen molar-refractivity contribution in [3.63, 3.8) is 0 Å². The van der Waals surface area contributed by atoms with Crippen molar-refractivity contribution in [3.05, 3.63) is 58.6 Å². The first-order chi connectivity index (χ1) is 18.9. The standard InChI is InChI=1S/C31H43ClN4O3/c1-4-23-9-5-10-24(21-23)28-26(12-6-13-27(28)32)31(2,14-8-15-34-29(37)39-3)25-11-7-18-36(22-25)30(38)35-19-16-33-17-20-35/h5-6,9-10,12-13,21,25,33H,4,7-8,11,14-20,22H2,1-3H3,(H,34,37). The minimum Gasteiger partial charge on any atom is -0.453 e. The van der Waals surface area contributed by atoms with E-state index in [1.807, 2.05) is 17.0 Å². The third kappa shape index (κ3) is 6.87. The lowest BCUT2D eigenvalue weighted by Crippen LogP contribution is -2.55. The summed E-state index contributed by atoms with van der Waals surface area (Å²) in [6.45, 7) is 9.72. The van der Waals surface area contributed by atoms with Crippen molar-refractivity contribution in [1.82, 2.24) is 20.4 Å². The Hall–Kier alpha value is -2.77. The van der Waals surface area contributed by atoms with Gasteiger partial charge in [-0.25, -0.2) is 9.59 Å². The summed E-state index contributed by atoms with van der Waals surface area (Å²) in [6.07, 6.45) is 4.18. The maximum atomic E-state index is 13.5. The van der Waals surface area contributed by atoms with Crippen LogP contribution in [0.5, 0.6) is 0 Å². The van der Waals surface area contributed by atoms with Crippen LogP contribution in [0, 0.1) is 5.92 Å². The van der Waals surface area contributed by atoms with E-state index in [1.165, 1.54) is 18.2 Å². The van der Waals surface area contributed by atoms with Gasteiger partial charge in [-0.2, -0.15) is 0 Å². The van der Waals surface area contributed by atoms with Crippen LogP contribution in [0.3, 0.4) is 0 Å². The van der Waals surface area contributed by atoms with E-state index >= 15 is 0 Å². The molecular formula is C31H43ClN4O3. The number of nitrogens with one attached hydrogen (secondary N) is 2. The Morgan fingerprint density at radius 2 is 1.90 bits per heavy atom. The lowest BCUT2D eigenvalue weighted by molar-refractivity contribution is 0.0987. The van der Waals surface area contributed by atoms with Crippen LogP contribution in [0.2, 0.25) is 5.02 Å². The van der Waals surface area contributed by atoms with E-state index in [1.54, 1.807) is 0 Å². The van der Waals surface area contributed by atoms with Gasteiger partial charge in [-0.1, -0.05) is 61.8 Å². The molecule has 2 unspecified atom stereocenters. The predicted octanol–water partition coefficient (Wildman–Crippen LogP) is 5.70. The zero-order valence-corrected chi connectivity index (χ0v) is 24.4. The number of likely N-dealkylation sites (tertiary alicyclic amines) is 1. The molecule has 0 aliphatic carbocycles. The van der Waals surface area contributed by atoms with Crippen molar-refractivity contribution < 1.29 is 14.3 Å². The fourth-order valence-electron chi connectivity index (χ4n) is 6.24. The average Bonchev–Trinajstić information content (AvgIpc) is 2.99. The van der Waals surface area contributed by atoms with Gasteiger partial charge in [-0.15, -0.1) is 0 Å². The molecule has 0 radical (unpaired) electrons. The van der Waals surface area contributed by atoms with Crippen LogP contribution in [-0.2, 0) is 16.6 Å². The molecular weight excluding hydrogens is 512 g/mol. The fraction of sp³-hybridized carbons (Fsp3) is 0.548. The summed E-state index contributed by atoms with van der Waals surface area (Å²) in [4.78, 5) is 29.2. The van der Waals surface area contributed by atoms with E-state index in [4.69, 9.17) is 16.3 Å². The number of methoxy groups -OCH3 is 1. The molecule has 3 amide bonds. The highest BCUT2D eigenvalue weighted by atomic mass is 35.5. The Balaban J connectivity index is 1.68. The molecule has 2 fully saturated rings. The van der Waals surface area contributed by atoms with Gasteiger partial charge in [0.2, 0.25) is 0 Å². The Morgan fingerprint density at radius 3 is 2.64 bits per heavy atom. The van der Waals surface area contributed by atoms with Gasteiger partial charge in [0.05, 0.1) is 7.11 Å². The van der Waals surface area contributed by atoms with Gasteiger partial charge < -0.3 is 25.2 Å². The van der Waals surface area contributed by atoms with E-state index < -0.39 is 6.09 Å². The molecule has 0 aromatic heterocycles. The molecule has 2 aliphatic rings. The maximum Gasteiger partial charge on any atom is 0.406 e. The van der Waals surface area contributed by atoms with Crippen molar-refractivity contribution in [1.29, 1.82) is 0 Å². The minimum absolute atomic E-state index is 0.151. The molecule has 39 heavy (non-hydrogen) atoms. The number of benzene rings is 2. The van der Waals surface area contributed by atoms with Gasteiger partial charge in [0, 0.05) is 56.4 Å². The van der Waals surface area contributed by atoms with E-state index in [2.05, 4.69) is 59.7 Å². The summed E-state index contributed by atoms with van der Waals surface area (Å²) >= 11 is 6.96. The molecule has 7 nitrogen and oxygen atoms in total. The number of urea groups is 1. The first-order valence-electron chi connectivity index (χ1n) is 14.3. The molecule has 0 bridgehead atoms. The van der Waals surface area contributed by atoms with E-state index in [9.17, 15) is 9.59 Å². The highest BCUT2D eigenvalue weighted by molar-refractivity contribution is 6.33. The highest BCUT2D eigenvalue weighted by Crippen LogP contribution is 2.47. The van der Waals surface area contributed by atoms with Crippen LogP contribution in [0.4, 0.5) is 9.59 Å². The zero-order chi connectivity index (χ0) is 27.8. The molecule has 2 aromatic carbocycles. The topological polar surface area (TPSA) is 73.9 Å². The van der Waals surface area contributed by atoms with E-state index in [0.717, 1.165) is 81.0 Å². The van der Waals surface area contributed by atoms with Crippen molar-refractivity contribution in [3.8, 4) is 11.1 Å². The quantitative estimate of drug-likeness (QED) is 0.410. The molecule has 2 N–H and O–H groups in total. The van der Waals surface area contributed by atoms with Gasteiger partial charge in [0.15, 0.2) is 0 Å². The Bertz CT molecular complexity index is 1140. The number of nitrogens with zero attached hydrogens (tertiary/aromatic N) is 2. The van der Waals surface area contributed by atoms with Crippen LogP contribution in [0.15, 0.2) is 42.5 Å². The van der Waals surface area contributed by atoms with Crippen molar-refractivity contribution in [2.45, 2.75) is 51.4 Å². The van der Waals surface area contributed by atoms with Gasteiger partial charge in [-0.05, 0) is 66.2 Å². The third-order valence-corrected chi connectivity index (χ3v) is 8.88. The van der Waals surface area contributed by atoms with Gasteiger partial charge >= 0.3 is 12.1 Å². The smallest absolute Gasteiger partial charge is 0.406 e. The number of carbonyl (C=O) groups excluding carboxylic acids is 2. The number of piperazine rings is 1. The number of hydrogen-bond acceptors (Lipinski definition) is 4. The Morgan fingerprint density at radius 1 is 1.13 bits per heavy atom. The van der Waals surface area contributed by atoms with Crippen molar-refractivity contribution in [2.75, 3.05) is 52.9 Å². The normalized spacial score (nSPS) is 19.3. The predicted molar refractivity (Wildman–Crippen MR) is 157 cm³/mol. The number of halogens is 1. The highest BCUT2D eigenvalue weighted by Gasteiger charge is 2.41. The summed E-state index contributed by atoms with van der Waals surface area (Å²) in [5, 5.41) is 6.92.